The van der Waals surface area contributed by atoms with Gasteiger partial charge in [-0.15, -0.1) is 0 Å². The van der Waals surface area contributed by atoms with Gasteiger partial charge in [-0.25, -0.2) is 0 Å². The predicted molar refractivity (Wildman–Crippen MR) is 225 cm³/mol. The molecule has 0 atom stereocenters. The molecule has 0 radical (unpaired) electrons. The minimum atomic E-state index is 0.837. The highest BCUT2D eigenvalue weighted by Gasteiger charge is 2.21. The van der Waals surface area contributed by atoms with Gasteiger partial charge in [-0.2, -0.15) is 0 Å². The van der Waals surface area contributed by atoms with Gasteiger partial charge in [-0.1, -0.05) is 152 Å². The molecule has 8 aromatic carbocycles. The second-order valence-corrected chi connectivity index (χ2v) is 13.6. The number of rotatable bonds is 7. The first-order chi connectivity index (χ1) is 26.8. The van der Waals surface area contributed by atoms with Crippen molar-refractivity contribution >= 4 is 49.9 Å². The highest BCUT2D eigenvalue weighted by Crippen LogP contribution is 2.45. The van der Waals surface area contributed by atoms with Crippen LogP contribution in [0, 0.1) is 0 Å². The topological polar surface area (TPSA) is 29.3 Å². The van der Waals surface area contributed by atoms with Gasteiger partial charge in [0.2, 0.25) is 0 Å². The zero-order chi connectivity index (χ0) is 35.8. The van der Waals surface area contributed by atoms with Crippen molar-refractivity contribution in [2.24, 2.45) is 0 Å². The summed E-state index contributed by atoms with van der Waals surface area (Å²) < 4.78 is 6.63. The number of hydrogen-bond acceptors (Lipinski definition) is 3. The van der Waals surface area contributed by atoms with Gasteiger partial charge in [0.05, 0.1) is 16.6 Å². The first-order valence-corrected chi connectivity index (χ1v) is 18.3. The standard InChI is InChI=1S/C51H34N2O/c1-4-14-35(15-5-1)39-20-12-21-42(32-39)53(48-24-13-23-47-50(48)51-46(34-52-47)44-22-10-11-25-49(44)54-51)41-29-26-38(27-30-41)43-31-28-40(36-16-6-2-7-17-36)33-45(43)37-18-8-3-9-19-37/h1-34H. The monoisotopic (exact) mass is 690 g/mol. The quantitative estimate of drug-likeness (QED) is 0.167. The van der Waals surface area contributed by atoms with Gasteiger partial charge in [0.25, 0.3) is 0 Å². The zero-order valence-electron chi connectivity index (χ0n) is 29.4. The van der Waals surface area contributed by atoms with Crippen LogP contribution in [0.15, 0.2) is 211 Å². The Morgan fingerprint density at radius 3 is 1.72 bits per heavy atom. The van der Waals surface area contributed by atoms with Crippen LogP contribution >= 0.6 is 0 Å². The van der Waals surface area contributed by atoms with Crippen molar-refractivity contribution in [1.82, 2.24) is 4.98 Å². The molecule has 2 aromatic heterocycles. The molecule has 0 fully saturated rings. The van der Waals surface area contributed by atoms with E-state index in [-0.39, 0.29) is 0 Å². The summed E-state index contributed by atoms with van der Waals surface area (Å²) in [7, 11) is 0. The second-order valence-electron chi connectivity index (χ2n) is 13.6. The molecule has 3 nitrogen and oxygen atoms in total. The van der Waals surface area contributed by atoms with Crippen LogP contribution in [0.1, 0.15) is 0 Å². The summed E-state index contributed by atoms with van der Waals surface area (Å²) in [5, 5.41) is 3.04. The number of benzene rings is 8. The molecule has 54 heavy (non-hydrogen) atoms. The summed E-state index contributed by atoms with van der Waals surface area (Å²) in [6.07, 6.45) is 1.94. The molecule has 0 saturated heterocycles. The summed E-state index contributed by atoms with van der Waals surface area (Å²) in [5.41, 5.74) is 15.1. The van der Waals surface area contributed by atoms with Crippen molar-refractivity contribution < 1.29 is 4.42 Å². The fraction of sp³-hybridized carbons (Fsp3) is 0. The molecule has 254 valence electrons. The Balaban J connectivity index is 1.16. The molecule has 3 heteroatoms. The number of furan rings is 1. The molecule has 0 aliphatic heterocycles. The zero-order valence-corrected chi connectivity index (χ0v) is 29.4. The first kappa shape index (κ1) is 31.5. The number of hydrogen-bond donors (Lipinski definition) is 0. The summed E-state index contributed by atoms with van der Waals surface area (Å²) in [5.74, 6) is 0. The smallest absolute Gasteiger partial charge is 0.148 e. The summed E-state index contributed by atoms with van der Waals surface area (Å²) in [6, 6.07) is 70.8. The third-order valence-electron chi connectivity index (χ3n) is 10.3. The fourth-order valence-corrected chi connectivity index (χ4v) is 7.70. The number of pyridine rings is 1. The van der Waals surface area contributed by atoms with Crippen molar-refractivity contribution in [1.29, 1.82) is 0 Å². The van der Waals surface area contributed by atoms with Crippen molar-refractivity contribution in [3.8, 4) is 44.5 Å². The van der Waals surface area contributed by atoms with Gasteiger partial charge in [0.1, 0.15) is 11.2 Å². The van der Waals surface area contributed by atoms with E-state index in [1.54, 1.807) is 0 Å². The van der Waals surface area contributed by atoms with E-state index in [0.29, 0.717) is 0 Å². The summed E-state index contributed by atoms with van der Waals surface area (Å²) >= 11 is 0. The van der Waals surface area contributed by atoms with Gasteiger partial charge in [-0.3, -0.25) is 4.98 Å². The van der Waals surface area contributed by atoms with Crippen molar-refractivity contribution in [2.75, 3.05) is 4.90 Å². The summed E-state index contributed by atoms with van der Waals surface area (Å²) in [4.78, 5) is 7.30. The molecule has 0 saturated carbocycles. The highest BCUT2D eigenvalue weighted by molar-refractivity contribution is 6.18. The largest absolute Gasteiger partial charge is 0.455 e. The average molecular weight is 691 g/mol. The molecule has 0 aliphatic rings. The Morgan fingerprint density at radius 1 is 0.389 bits per heavy atom. The van der Waals surface area contributed by atoms with Gasteiger partial charge in [-0.05, 0) is 93.0 Å². The number of para-hydroxylation sites is 1. The molecule has 10 rings (SSSR count). The third kappa shape index (κ3) is 5.60. The van der Waals surface area contributed by atoms with Crippen molar-refractivity contribution in [2.45, 2.75) is 0 Å². The lowest BCUT2D eigenvalue weighted by Gasteiger charge is -2.27. The Hall–Kier alpha value is -7.23. The Bertz CT molecular complexity index is 2920. The van der Waals surface area contributed by atoms with Crippen LogP contribution in [0.4, 0.5) is 17.1 Å². The maximum Gasteiger partial charge on any atom is 0.148 e. The molecule has 0 amide bonds. The van der Waals surface area contributed by atoms with Gasteiger partial charge >= 0.3 is 0 Å². The molecule has 2 heterocycles. The Kier molecular flexibility index (Phi) is 7.81. The minimum absolute atomic E-state index is 0.837. The second kappa shape index (κ2) is 13.4. The average Bonchev–Trinajstić information content (AvgIpc) is 3.64. The van der Waals surface area contributed by atoms with Crippen LogP contribution in [0.2, 0.25) is 0 Å². The minimum Gasteiger partial charge on any atom is -0.455 e. The predicted octanol–water partition coefficient (Wildman–Crippen LogP) is 14.3. The Labute approximate surface area is 314 Å². The molecular formula is C51H34N2O. The van der Waals surface area contributed by atoms with E-state index in [1.165, 1.54) is 33.4 Å². The van der Waals surface area contributed by atoms with E-state index in [1.807, 2.05) is 18.3 Å². The van der Waals surface area contributed by atoms with E-state index in [2.05, 4.69) is 193 Å². The van der Waals surface area contributed by atoms with Crippen LogP contribution in [0.5, 0.6) is 0 Å². The SMILES string of the molecule is c1ccc(-c2cccc(N(c3ccc(-c4ccc(-c5ccccc5)cc4-c4ccccc4)cc3)c3cccc4ncc5c6ccccc6oc5c34)c2)cc1. The molecule has 0 aliphatic carbocycles. The van der Waals surface area contributed by atoms with Crippen LogP contribution in [-0.4, -0.2) is 4.98 Å². The van der Waals surface area contributed by atoms with Crippen molar-refractivity contribution in [3.05, 3.63) is 206 Å². The van der Waals surface area contributed by atoms with Gasteiger partial charge in [0, 0.05) is 28.3 Å². The van der Waals surface area contributed by atoms with E-state index in [0.717, 1.165) is 61.0 Å². The lowest BCUT2D eigenvalue weighted by atomic mass is 9.91. The number of anilines is 3. The van der Waals surface area contributed by atoms with E-state index < -0.39 is 0 Å². The lowest BCUT2D eigenvalue weighted by Crippen LogP contribution is -2.11. The molecule has 0 unspecified atom stereocenters. The van der Waals surface area contributed by atoms with Gasteiger partial charge < -0.3 is 9.32 Å². The number of nitrogens with zero attached hydrogens (tertiary/aromatic N) is 2. The first-order valence-electron chi connectivity index (χ1n) is 18.3. The third-order valence-corrected chi connectivity index (χ3v) is 10.3. The number of fused-ring (bicyclic) bond motifs is 5. The lowest BCUT2D eigenvalue weighted by molar-refractivity contribution is 0.672. The van der Waals surface area contributed by atoms with Crippen LogP contribution in [0.25, 0.3) is 77.3 Å². The normalized spacial score (nSPS) is 11.3. The number of aromatic nitrogens is 1. The maximum absolute atomic E-state index is 6.63. The Morgan fingerprint density at radius 2 is 0.981 bits per heavy atom. The molecule has 0 spiro atoms. The van der Waals surface area contributed by atoms with E-state index in [9.17, 15) is 0 Å². The van der Waals surface area contributed by atoms with Crippen LogP contribution in [-0.2, 0) is 0 Å². The van der Waals surface area contributed by atoms with Gasteiger partial charge in [0.15, 0.2) is 0 Å². The van der Waals surface area contributed by atoms with Crippen LogP contribution in [0.3, 0.4) is 0 Å². The summed E-state index contributed by atoms with van der Waals surface area (Å²) in [6.45, 7) is 0. The highest BCUT2D eigenvalue weighted by atomic mass is 16.3. The van der Waals surface area contributed by atoms with Crippen molar-refractivity contribution in [3.63, 3.8) is 0 Å². The molecule has 0 bridgehead atoms. The van der Waals surface area contributed by atoms with E-state index in [4.69, 9.17) is 9.40 Å². The molecule has 10 aromatic rings. The maximum atomic E-state index is 6.63. The van der Waals surface area contributed by atoms with Crippen LogP contribution < -0.4 is 4.90 Å². The molecule has 0 N–H and O–H groups in total. The molecular weight excluding hydrogens is 657 g/mol. The van der Waals surface area contributed by atoms with E-state index >= 15 is 0 Å². The fourth-order valence-electron chi connectivity index (χ4n) is 7.70.